The molecule has 3 saturated carbocycles. The van der Waals surface area contributed by atoms with E-state index in [0.29, 0.717) is 35.4 Å². The van der Waals surface area contributed by atoms with Gasteiger partial charge in [-0.15, -0.1) is 0 Å². The van der Waals surface area contributed by atoms with Crippen molar-refractivity contribution < 1.29 is 18.9 Å². The molecule has 9 unspecified atom stereocenters. The molecule has 49 heavy (non-hydrogen) atoms. The Bertz CT molecular complexity index is 1330. The molecule has 2 saturated heterocycles. The van der Waals surface area contributed by atoms with Gasteiger partial charge in [-0.2, -0.15) is 0 Å². The fourth-order valence-corrected chi connectivity index (χ4v) is 12.4. The van der Waals surface area contributed by atoms with Crippen molar-refractivity contribution in [1.82, 2.24) is 4.90 Å². The van der Waals surface area contributed by atoms with Gasteiger partial charge in [-0.1, -0.05) is 70.5 Å². The number of morpholine rings is 1. The van der Waals surface area contributed by atoms with E-state index in [1.165, 1.54) is 56.1 Å². The van der Waals surface area contributed by atoms with Crippen LogP contribution in [0.5, 0.6) is 0 Å². The van der Waals surface area contributed by atoms with Crippen LogP contribution in [0.3, 0.4) is 0 Å². The standard InChI is InChI=1S/C44H69NO4/c1-31-15-19-42(6)34(18-24-48-41(4,5)49-31)16-20-43(7)36-17-21-44(8)37(35(36)13-14-38(42)43)27-40(2,3)28-39(44)47-30-33-11-9-32(10-12-33)29-45-22-25-46-26-23-45/h9-13,31,34,36-39H,14-30H2,1-8H3. The van der Waals surface area contributed by atoms with Gasteiger partial charge in [0.05, 0.1) is 38.6 Å². The van der Waals surface area contributed by atoms with Crippen molar-refractivity contribution in [2.24, 2.45) is 45.3 Å². The molecule has 0 bridgehead atoms. The summed E-state index contributed by atoms with van der Waals surface area (Å²) in [7, 11) is 0. The highest BCUT2D eigenvalue weighted by atomic mass is 16.7. The van der Waals surface area contributed by atoms with E-state index in [2.05, 4.69) is 90.6 Å². The van der Waals surface area contributed by atoms with Crippen molar-refractivity contribution in [2.75, 3.05) is 32.9 Å². The third kappa shape index (κ3) is 7.11. The number of rotatable bonds is 5. The number of nitrogens with zero attached hydrogens (tertiary/aromatic N) is 1. The van der Waals surface area contributed by atoms with Gasteiger partial charge in [-0.25, -0.2) is 0 Å². The molecule has 7 rings (SSSR count). The number of hydrogen-bond donors (Lipinski definition) is 0. The summed E-state index contributed by atoms with van der Waals surface area (Å²) in [5, 5.41) is 0. The van der Waals surface area contributed by atoms with E-state index >= 15 is 0 Å². The van der Waals surface area contributed by atoms with Crippen LogP contribution in [-0.4, -0.2) is 55.8 Å². The average Bonchev–Trinajstić information content (AvgIpc) is 3.05. The lowest BCUT2D eigenvalue weighted by Crippen LogP contribution is -2.59. The highest BCUT2D eigenvalue weighted by molar-refractivity contribution is 5.29. The minimum absolute atomic E-state index is 0.200. The number of ether oxygens (including phenoxy) is 4. The largest absolute Gasteiger partial charge is 0.379 e. The Labute approximate surface area is 299 Å². The molecule has 5 heteroatoms. The summed E-state index contributed by atoms with van der Waals surface area (Å²) >= 11 is 0. The van der Waals surface area contributed by atoms with Gasteiger partial charge in [0.25, 0.3) is 0 Å². The zero-order chi connectivity index (χ0) is 34.7. The molecule has 0 aromatic heterocycles. The smallest absolute Gasteiger partial charge is 0.163 e. The second kappa shape index (κ2) is 13.6. The Morgan fingerprint density at radius 1 is 0.755 bits per heavy atom. The Kier molecular flexibility index (Phi) is 10.0. The van der Waals surface area contributed by atoms with Gasteiger partial charge in [0.15, 0.2) is 5.79 Å². The minimum atomic E-state index is -0.489. The second-order valence-electron chi connectivity index (χ2n) is 19.5. The normalized spacial score (nSPS) is 42.5. The van der Waals surface area contributed by atoms with Crippen LogP contribution in [0.1, 0.15) is 131 Å². The van der Waals surface area contributed by atoms with Crippen molar-refractivity contribution in [3.8, 4) is 0 Å². The topological polar surface area (TPSA) is 40.2 Å². The van der Waals surface area contributed by atoms with Crippen LogP contribution in [0.15, 0.2) is 35.9 Å². The molecule has 274 valence electrons. The fourth-order valence-electron chi connectivity index (χ4n) is 12.4. The van der Waals surface area contributed by atoms with Gasteiger partial charge >= 0.3 is 0 Å². The third-order valence-corrected chi connectivity index (χ3v) is 15.2. The van der Waals surface area contributed by atoms with Crippen molar-refractivity contribution in [2.45, 2.75) is 151 Å². The molecular formula is C44H69NO4. The molecule has 5 nitrogen and oxygen atoms in total. The van der Waals surface area contributed by atoms with E-state index in [0.717, 1.165) is 70.6 Å². The van der Waals surface area contributed by atoms with E-state index in [1.807, 2.05) is 5.57 Å². The molecule has 0 radical (unpaired) electrons. The van der Waals surface area contributed by atoms with Gasteiger partial charge in [-0.3, -0.25) is 4.90 Å². The van der Waals surface area contributed by atoms with Gasteiger partial charge in [0.2, 0.25) is 0 Å². The minimum Gasteiger partial charge on any atom is -0.379 e. The zero-order valence-corrected chi connectivity index (χ0v) is 32.5. The highest BCUT2D eigenvalue weighted by Crippen LogP contribution is 2.69. The molecule has 2 heterocycles. The molecule has 0 spiro atoms. The molecule has 2 aliphatic heterocycles. The Morgan fingerprint density at radius 3 is 2.20 bits per heavy atom. The summed E-state index contributed by atoms with van der Waals surface area (Å²) in [6.45, 7) is 25.8. The first-order valence-corrected chi connectivity index (χ1v) is 20.2. The van der Waals surface area contributed by atoms with Crippen molar-refractivity contribution in [3.63, 3.8) is 0 Å². The zero-order valence-electron chi connectivity index (χ0n) is 32.5. The summed E-state index contributed by atoms with van der Waals surface area (Å²) in [5.74, 6) is 2.29. The number of fused-ring (bicyclic) bond motifs is 7. The molecule has 5 fully saturated rings. The van der Waals surface area contributed by atoms with E-state index in [9.17, 15) is 0 Å². The average molecular weight is 676 g/mol. The molecule has 6 aliphatic rings. The summed E-state index contributed by atoms with van der Waals surface area (Å²) < 4.78 is 25.4. The highest BCUT2D eigenvalue weighted by Gasteiger charge is 2.62. The van der Waals surface area contributed by atoms with Crippen LogP contribution >= 0.6 is 0 Å². The quantitative estimate of drug-likeness (QED) is 0.291. The SMILES string of the molecule is CC1CCC2(C)C(CCOC(C)(C)O1)CCC1(C)C3CCC4(C)C(OCc5ccc(CN6CCOCC6)cc5)CC(C)(C)CC4C3=CCC21. The molecule has 1 aromatic carbocycles. The summed E-state index contributed by atoms with van der Waals surface area (Å²) in [6, 6.07) is 9.24. The maximum atomic E-state index is 7.06. The summed E-state index contributed by atoms with van der Waals surface area (Å²) in [5.41, 5.74) is 5.69. The first-order valence-electron chi connectivity index (χ1n) is 20.2. The maximum Gasteiger partial charge on any atom is 0.163 e. The first kappa shape index (κ1) is 36.1. The van der Waals surface area contributed by atoms with E-state index < -0.39 is 5.79 Å². The molecule has 0 amide bonds. The molecule has 9 atom stereocenters. The van der Waals surface area contributed by atoms with Gasteiger partial charge in [-0.05, 0) is 136 Å². The Balaban J connectivity index is 1.08. The first-order chi connectivity index (χ1) is 23.2. The van der Waals surface area contributed by atoms with Crippen LogP contribution < -0.4 is 0 Å². The van der Waals surface area contributed by atoms with Crippen LogP contribution in [0.2, 0.25) is 0 Å². The summed E-state index contributed by atoms with van der Waals surface area (Å²) in [6.07, 6.45) is 15.9. The van der Waals surface area contributed by atoms with Gasteiger partial charge in [0, 0.05) is 25.0 Å². The van der Waals surface area contributed by atoms with E-state index in [4.69, 9.17) is 18.9 Å². The van der Waals surface area contributed by atoms with E-state index in [-0.39, 0.29) is 16.9 Å². The van der Waals surface area contributed by atoms with Crippen molar-refractivity contribution in [3.05, 3.63) is 47.0 Å². The third-order valence-electron chi connectivity index (χ3n) is 15.2. The van der Waals surface area contributed by atoms with E-state index in [1.54, 1.807) is 0 Å². The number of allylic oxidation sites excluding steroid dienone is 2. The summed E-state index contributed by atoms with van der Waals surface area (Å²) in [4.78, 5) is 2.50. The van der Waals surface area contributed by atoms with Gasteiger partial charge in [0.1, 0.15) is 0 Å². The molecule has 1 aromatic rings. The second-order valence-corrected chi connectivity index (χ2v) is 19.5. The lowest BCUT2D eigenvalue weighted by Gasteiger charge is -2.66. The van der Waals surface area contributed by atoms with Crippen LogP contribution in [0.4, 0.5) is 0 Å². The Hall–Kier alpha value is -1.24. The molecule has 0 N–H and O–H groups in total. The number of hydrogen-bond acceptors (Lipinski definition) is 5. The van der Waals surface area contributed by atoms with Crippen LogP contribution in [-0.2, 0) is 32.1 Å². The fraction of sp³-hybridized carbons (Fsp3) is 0.818. The molecular weight excluding hydrogens is 606 g/mol. The lowest BCUT2D eigenvalue weighted by molar-refractivity contribution is -0.245. The van der Waals surface area contributed by atoms with Crippen molar-refractivity contribution >= 4 is 0 Å². The van der Waals surface area contributed by atoms with Gasteiger partial charge < -0.3 is 18.9 Å². The monoisotopic (exact) mass is 676 g/mol. The molecule has 4 aliphatic carbocycles. The maximum absolute atomic E-state index is 7.06. The lowest BCUT2D eigenvalue weighted by atomic mass is 9.40. The van der Waals surface area contributed by atoms with Crippen molar-refractivity contribution in [1.29, 1.82) is 0 Å². The van der Waals surface area contributed by atoms with Crippen LogP contribution in [0, 0.1) is 45.3 Å². The predicted molar refractivity (Wildman–Crippen MR) is 198 cm³/mol. The van der Waals surface area contributed by atoms with Crippen LogP contribution in [0.25, 0.3) is 0 Å². The Morgan fingerprint density at radius 2 is 1.45 bits per heavy atom. The predicted octanol–water partition coefficient (Wildman–Crippen LogP) is 9.97. The number of benzene rings is 1.